The molecule has 22 heavy (non-hydrogen) atoms. The van der Waals surface area contributed by atoms with Gasteiger partial charge in [0, 0.05) is 17.0 Å². The zero-order valence-corrected chi connectivity index (χ0v) is 13.4. The van der Waals surface area contributed by atoms with Gasteiger partial charge >= 0.3 is 0 Å². The molecule has 2 heterocycles. The van der Waals surface area contributed by atoms with Crippen molar-refractivity contribution < 1.29 is 8.94 Å². The van der Waals surface area contributed by atoms with Crippen molar-refractivity contribution in [3.8, 4) is 11.5 Å². The van der Waals surface area contributed by atoms with E-state index in [0.29, 0.717) is 27.8 Å². The van der Waals surface area contributed by atoms with Crippen molar-refractivity contribution in [3.05, 3.63) is 41.0 Å². The van der Waals surface area contributed by atoms with E-state index in [0.717, 1.165) is 24.2 Å². The lowest BCUT2D eigenvalue weighted by atomic mass is 10.2. The third-order valence-corrected chi connectivity index (χ3v) is 3.82. The van der Waals surface area contributed by atoms with E-state index >= 15 is 0 Å². The highest BCUT2D eigenvalue weighted by molar-refractivity contribution is 7.98. The van der Waals surface area contributed by atoms with Gasteiger partial charge in [-0.05, 0) is 24.6 Å². The Morgan fingerprint density at radius 1 is 1.27 bits per heavy atom. The number of halogens is 1. The molecule has 0 unspecified atom stereocenters. The van der Waals surface area contributed by atoms with Gasteiger partial charge in [0.25, 0.3) is 5.22 Å². The van der Waals surface area contributed by atoms with Crippen LogP contribution in [0.5, 0.6) is 0 Å². The number of benzene rings is 1. The zero-order valence-electron chi connectivity index (χ0n) is 11.8. The highest BCUT2D eigenvalue weighted by Gasteiger charge is 2.12. The number of hydrogen-bond donors (Lipinski definition) is 0. The average Bonchev–Trinajstić information content (AvgIpc) is 3.15. The third-order valence-electron chi connectivity index (χ3n) is 2.78. The summed E-state index contributed by atoms with van der Waals surface area (Å²) in [5, 5.41) is 13.0. The van der Waals surface area contributed by atoms with Crippen LogP contribution in [0, 0.1) is 0 Å². The maximum absolute atomic E-state index is 5.95. The van der Waals surface area contributed by atoms with Gasteiger partial charge in [0.15, 0.2) is 5.82 Å². The van der Waals surface area contributed by atoms with Gasteiger partial charge in [-0.15, -0.1) is 10.2 Å². The largest absolute Gasteiger partial charge is 0.411 e. The summed E-state index contributed by atoms with van der Waals surface area (Å²) in [6.45, 7) is 2.07. The first-order valence-corrected chi connectivity index (χ1v) is 8.14. The number of aromatic nitrogens is 4. The normalized spacial score (nSPS) is 11.0. The summed E-state index contributed by atoms with van der Waals surface area (Å²) >= 11 is 7.30. The Morgan fingerprint density at radius 3 is 3.00 bits per heavy atom. The molecule has 0 amide bonds. The minimum absolute atomic E-state index is 0.433. The van der Waals surface area contributed by atoms with E-state index in [1.165, 1.54) is 11.8 Å². The Morgan fingerprint density at radius 2 is 2.18 bits per heavy atom. The molecule has 8 heteroatoms. The van der Waals surface area contributed by atoms with Crippen molar-refractivity contribution >= 4 is 23.4 Å². The molecule has 0 aliphatic heterocycles. The van der Waals surface area contributed by atoms with Gasteiger partial charge in [-0.3, -0.25) is 0 Å². The lowest BCUT2D eigenvalue weighted by Gasteiger charge is -1.94. The van der Waals surface area contributed by atoms with Crippen LogP contribution >= 0.6 is 23.4 Å². The van der Waals surface area contributed by atoms with Gasteiger partial charge in [0.1, 0.15) is 0 Å². The first kappa shape index (κ1) is 15.1. The Hall–Kier alpha value is -1.86. The van der Waals surface area contributed by atoms with Crippen molar-refractivity contribution in [1.82, 2.24) is 20.3 Å². The highest BCUT2D eigenvalue weighted by atomic mass is 35.5. The van der Waals surface area contributed by atoms with Gasteiger partial charge in [-0.25, -0.2) is 0 Å². The smallest absolute Gasteiger partial charge is 0.277 e. The lowest BCUT2D eigenvalue weighted by Crippen LogP contribution is -1.86. The molecule has 0 N–H and O–H groups in total. The molecule has 0 saturated carbocycles. The van der Waals surface area contributed by atoms with Crippen LogP contribution in [0.1, 0.15) is 25.1 Å². The molecule has 0 radical (unpaired) electrons. The maximum atomic E-state index is 5.95. The second-order valence-corrected chi connectivity index (χ2v) is 5.89. The highest BCUT2D eigenvalue weighted by Crippen LogP contribution is 2.26. The zero-order chi connectivity index (χ0) is 15.4. The molecular formula is C14H13ClN4O2S. The van der Waals surface area contributed by atoms with Gasteiger partial charge in [0.05, 0.1) is 5.75 Å². The number of nitrogens with zero attached hydrogens (tertiary/aromatic N) is 4. The Balaban J connectivity index is 1.64. The van der Waals surface area contributed by atoms with E-state index in [4.69, 9.17) is 20.5 Å². The Bertz CT molecular complexity index is 759. The first-order chi connectivity index (χ1) is 10.7. The molecule has 6 nitrogen and oxygen atoms in total. The average molecular weight is 337 g/mol. The summed E-state index contributed by atoms with van der Waals surface area (Å²) in [7, 11) is 0. The van der Waals surface area contributed by atoms with Crippen LogP contribution < -0.4 is 0 Å². The minimum atomic E-state index is 0.433. The molecule has 0 saturated heterocycles. The number of hydrogen-bond acceptors (Lipinski definition) is 7. The molecule has 0 bridgehead atoms. The second-order valence-electron chi connectivity index (χ2n) is 4.53. The van der Waals surface area contributed by atoms with Crippen LogP contribution in [-0.4, -0.2) is 20.3 Å². The van der Waals surface area contributed by atoms with Crippen LogP contribution in [-0.2, 0) is 12.2 Å². The fourth-order valence-corrected chi connectivity index (χ4v) is 2.59. The Labute approximate surface area is 136 Å². The predicted molar refractivity (Wildman–Crippen MR) is 82.6 cm³/mol. The second kappa shape index (κ2) is 6.93. The van der Waals surface area contributed by atoms with Crippen molar-refractivity contribution in [2.45, 2.75) is 30.7 Å². The quantitative estimate of drug-likeness (QED) is 0.629. The van der Waals surface area contributed by atoms with Gasteiger partial charge < -0.3 is 8.94 Å². The fraction of sp³-hybridized carbons (Fsp3) is 0.286. The van der Waals surface area contributed by atoms with Crippen molar-refractivity contribution in [2.24, 2.45) is 0 Å². The third kappa shape index (κ3) is 3.66. The van der Waals surface area contributed by atoms with Crippen molar-refractivity contribution in [1.29, 1.82) is 0 Å². The molecule has 0 aliphatic carbocycles. The van der Waals surface area contributed by atoms with E-state index in [1.807, 2.05) is 12.1 Å². The fourth-order valence-electron chi connectivity index (χ4n) is 1.80. The molecule has 0 spiro atoms. The summed E-state index contributed by atoms with van der Waals surface area (Å²) in [6, 6.07) is 7.27. The van der Waals surface area contributed by atoms with Crippen LogP contribution in [0.2, 0.25) is 5.02 Å². The number of rotatable bonds is 6. The summed E-state index contributed by atoms with van der Waals surface area (Å²) in [5.74, 6) is 2.20. The molecule has 2 aromatic heterocycles. The summed E-state index contributed by atoms with van der Waals surface area (Å²) in [6.07, 6.45) is 1.80. The minimum Gasteiger partial charge on any atom is -0.411 e. The van der Waals surface area contributed by atoms with E-state index in [1.54, 1.807) is 12.1 Å². The molecule has 0 aliphatic rings. The summed E-state index contributed by atoms with van der Waals surface area (Å²) in [5.41, 5.74) is 0.787. The molecule has 0 atom stereocenters. The van der Waals surface area contributed by atoms with E-state index in [9.17, 15) is 0 Å². The summed E-state index contributed by atoms with van der Waals surface area (Å²) in [4.78, 5) is 4.29. The van der Waals surface area contributed by atoms with Crippen molar-refractivity contribution in [3.63, 3.8) is 0 Å². The topological polar surface area (TPSA) is 77.8 Å². The van der Waals surface area contributed by atoms with E-state index < -0.39 is 0 Å². The van der Waals surface area contributed by atoms with E-state index in [2.05, 4.69) is 27.3 Å². The van der Waals surface area contributed by atoms with Crippen molar-refractivity contribution in [2.75, 3.05) is 0 Å². The van der Waals surface area contributed by atoms with Crippen LogP contribution in [0.25, 0.3) is 11.5 Å². The van der Waals surface area contributed by atoms with Crippen LogP contribution in [0.3, 0.4) is 0 Å². The van der Waals surface area contributed by atoms with E-state index in [-0.39, 0.29) is 0 Å². The molecule has 1 aromatic carbocycles. The number of aryl methyl sites for hydroxylation is 1. The molecule has 3 aromatic rings. The standard InChI is InChI=1S/C14H13ClN4O2S/c1-2-4-11-16-12(21-19-11)8-22-14-18-17-13(20-14)9-5-3-6-10(15)7-9/h3,5-7H,2,4,8H2,1H3. The molecule has 3 rings (SSSR count). The lowest BCUT2D eigenvalue weighted by molar-refractivity contribution is 0.384. The molecule has 0 fully saturated rings. The Kier molecular flexibility index (Phi) is 4.74. The SMILES string of the molecule is CCCc1noc(CSc2nnc(-c3cccc(Cl)c3)o2)n1. The maximum Gasteiger partial charge on any atom is 0.277 e. The van der Waals surface area contributed by atoms with Gasteiger partial charge in [-0.2, -0.15) is 4.98 Å². The van der Waals surface area contributed by atoms with Crippen LogP contribution in [0.4, 0.5) is 0 Å². The van der Waals surface area contributed by atoms with Gasteiger partial charge in [0.2, 0.25) is 11.8 Å². The summed E-state index contributed by atoms with van der Waals surface area (Å²) < 4.78 is 10.7. The van der Waals surface area contributed by atoms with Crippen LogP contribution in [0.15, 0.2) is 38.4 Å². The predicted octanol–water partition coefficient (Wildman–Crippen LogP) is 4.02. The monoisotopic (exact) mass is 336 g/mol. The first-order valence-electron chi connectivity index (χ1n) is 6.78. The molecular weight excluding hydrogens is 324 g/mol. The molecule has 114 valence electrons. The number of thioether (sulfide) groups is 1. The van der Waals surface area contributed by atoms with Gasteiger partial charge in [-0.1, -0.05) is 41.5 Å².